The lowest BCUT2D eigenvalue weighted by Gasteiger charge is -2.28. The zero-order valence-corrected chi connectivity index (χ0v) is 22.3. The van der Waals surface area contributed by atoms with Crippen LogP contribution in [0.25, 0.3) is 9.40 Å². The first-order valence-corrected chi connectivity index (χ1v) is 14.9. The van der Waals surface area contributed by atoms with E-state index in [0.717, 1.165) is 13.7 Å². The van der Waals surface area contributed by atoms with Crippen LogP contribution in [0.1, 0.15) is 46.3 Å². The summed E-state index contributed by atoms with van der Waals surface area (Å²) in [7, 11) is -4.52. The average Bonchev–Trinajstić information content (AvgIpc) is 3.65. The maximum atomic E-state index is 13.5. The van der Waals surface area contributed by atoms with Crippen molar-refractivity contribution in [2.75, 3.05) is 13.1 Å². The molecule has 0 aromatic carbocycles. The molecule has 2 aliphatic heterocycles. The molecule has 37 heavy (non-hydrogen) atoms. The maximum Gasteiger partial charge on any atom is 0.310 e. The lowest BCUT2D eigenvalue weighted by atomic mass is 10.1. The van der Waals surface area contributed by atoms with Crippen LogP contribution >= 0.6 is 22.7 Å². The van der Waals surface area contributed by atoms with Crippen molar-refractivity contribution in [3.05, 3.63) is 52.5 Å². The van der Waals surface area contributed by atoms with Gasteiger partial charge in [-0.05, 0) is 42.5 Å². The highest BCUT2D eigenvalue weighted by Crippen LogP contribution is 2.34. The van der Waals surface area contributed by atoms with Crippen molar-refractivity contribution >= 4 is 64.8 Å². The molecule has 0 radical (unpaired) electrons. The highest BCUT2D eigenvalue weighted by Gasteiger charge is 2.55. The van der Waals surface area contributed by atoms with Crippen LogP contribution < -0.4 is 5.32 Å². The number of aromatic nitrogens is 1. The van der Waals surface area contributed by atoms with E-state index in [9.17, 15) is 27.6 Å². The maximum absolute atomic E-state index is 13.5. The van der Waals surface area contributed by atoms with Crippen LogP contribution in [-0.2, 0) is 19.6 Å². The van der Waals surface area contributed by atoms with Crippen LogP contribution in [0.15, 0.2) is 41.9 Å². The summed E-state index contributed by atoms with van der Waals surface area (Å²) in [4.78, 5) is 57.9. The van der Waals surface area contributed by atoms with Gasteiger partial charge in [0.05, 0.1) is 17.5 Å². The van der Waals surface area contributed by atoms with Crippen molar-refractivity contribution < 1.29 is 27.6 Å². The number of Topliss-reactive ketones (excluding diaryl/α,β-unsaturated/α-hetero) is 1. The summed E-state index contributed by atoms with van der Waals surface area (Å²) in [5.74, 6) is -1.24. The van der Waals surface area contributed by atoms with E-state index in [1.54, 1.807) is 12.1 Å². The topological polar surface area (TPSA) is 134 Å². The van der Waals surface area contributed by atoms with E-state index in [1.165, 1.54) is 45.9 Å². The zero-order chi connectivity index (χ0) is 26.3. The minimum Gasteiger partial charge on any atom is -0.340 e. The van der Waals surface area contributed by atoms with Gasteiger partial charge in [0.2, 0.25) is 5.91 Å². The van der Waals surface area contributed by atoms with E-state index in [4.69, 9.17) is 0 Å². The summed E-state index contributed by atoms with van der Waals surface area (Å²) in [6, 6.07) is 5.40. The summed E-state index contributed by atoms with van der Waals surface area (Å²) < 4.78 is 29.1. The molecule has 2 saturated heterocycles. The number of nitrogens with zero attached hydrogens (tertiary/aromatic N) is 3. The number of carbonyl (C=O) groups excluding carboxylic acids is 4. The number of pyridine rings is 1. The molecule has 3 unspecified atom stereocenters. The normalized spacial score (nSPS) is 20.8. The first-order chi connectivity index (χ1) is 17.7. The Morgan fingerprint density at radius 1 is 1.22 bits per heavy atom. The van der Waals surface area contributed by atoms with E-state index < -0.39 is 51.5 Å². The van der Waals surface area contributed by atoms with Gasteiger partial charge in [-0.3, -0.25) is 24.2 Å². The van der Waals surface area contributed by atoms with E-state index in [0.29, 0.717) is 17.7 Å². The predicted octanol–water partition coefficient (Wildman–Crippen LogP) is 2.28. The molecule has 10 nitrogen and oxygen atoms in total. The van der Waals surface area contributed by atoms with E-state index in [2.05, 4.69) is 10.3 Å². The van der Waals surface area contributed by atoms with Crippen LogP contribution in [-0.4, -0.2) is 76.5 Å². The third kappa shape index (κ3) is 4.60. The first kappa shape index (κ1) is 25.6. The van der Waals surface area contributed by atoms with E-state index >= 15 is 0 Å². The van der Waals surface area contributed by atoms with E-state index in [1.807, 2.05) is 18.4 Å². The van der Waals surface area contributed by atoms with Gasteiger partial charge in [-0.2, -0.15) is 4.31 Å². The molecule has 2 amide bonds. The molecule has 0 aliphatic carbocycles. The largest absolute Gasteiger partial charge is 0.340 e. The van der Waals surface area contributed by atoms with Crippen LogP contribution in [0, 0.1) is 0 Å². The molecule has 2 fully saturated rings. The molecule has 0 saturated carbocycles. The number of fused-ring (bicyclic) bond motifs is 2. The Balaban J connectivity index is 1.33. The van der Waals surface area contributed by atoms with Crippen LogP contribution in [0.5, 0.6) is 0 Å². The number of carbonyl (C=O) groups is 4. The SMILES string of the molecule is CCCC(NC(=O)c1cc2sccc2s1)C(=O)N1CCC2C1C(=O)CN2S(=O)(=O)C(=O)c1ccccn1. The van der Waals surface area contributed by atoms with Crippen molar-refractivity contribution in [1.29, 1.82) is 0 Å². The minimum atomic E-state index is -4.52. The van der Waals surface area contributed by atoms with Crippen LogP contribution in [0.4, 0.5) is 0 Å². The Hall–Kier alpha value is -3.00. The fourth-order valence-electron chi connectivity index (χ4n) is 4.92. The molecule has 1 N–H and O–H groups in total. The predicted molar refractivity (Wildman–Crippen MR) is 139 cm³/mol. The van der Waals surface area contributed by atoms with Crippen molar-refractivity contribution in [3.63, 3.8) is 0 Å². The number of sulfonamides is 1. The van der Waals surface area contributed by atoms with Crippen molar-refractivity contribution in [1.82, 2.24) is 19.5 Å². The fourth-order valence-corrected chi connectivity index (χ4v) is 8.40. The minimum absolute atomic E-state index is 0.147. The lowest BCUT2D eigenvalue weighted by molar-refractivity contribution is -0.138. The summed E-state index contributed by atoms with van der Waals surface area (Å²) in [5, 5.41) is 3.58. The second-order valence-electron chi connectivity index (χ2n) is 8.93. The number of hydrogen-bond donors (Lipinski definition) is 1. The van der Waals surface area contributed by atoms with Gasteiger partial charge in [0, 0.05) is 22.1 Å². The third-order valence-electron chi connectivity index (χ3n) is 6.62. The quantitative estimate of drug-likeness (QED) is 0.469. The molecule has 3 atom stereocenters. The second-order valence-corrected chi connectivity index (χ2v) is 12.7. The fraction of sp³-hybridized carbons (Fsp3) is 0.375. The van der Waals surface area contributed by atoms with Gasteiger partial charge < -0.3 is 10.2 Å². The van der Waals surface area contributed by atoms with Gasteiger partial charge in [-0.15, -0.1) is 22.7 Å². The van der Waals surface area contributed by atoms with Gasteiger partial charge in [0.25, 0.3) is 15.9 Å². The monoisotopic (exact) mass is 560 g/mol. The molecule has 2 aliphatic rings. The van der Waals surface area contributed by atoms with Gasteiger partial charge >= 0.3 is 5.12 Å². The van der Waals surface area contributed by atoms with Crippen molar-refractivity contribution in [2.24, 2.45) is 0 Å². The van der Waals surface area contributed by atoms with Gasteiger partial charge in [-0.25, -0.2) is 8.42 Å². The number of thiophene rings is 2. The number of ketones is 1. The van der Waals surface area contributed by atoms with Crippen LogP contribution in [0.3, 0.4) is 0 Å². The molecule has 0 bridgehead atoms. The number of nitrogens with one attached hydrogen (secondary N) is 1. The average molecular weight is 561 g/mol. The third-order valence-corrected chi connectivity index (χ3v) is 10.4. The first-order valence-electron chi connectivity index (χ1n) is 11.8. The van der Waals surface area contributed by atoms with Gasteiger partial charge in [-0.1, -0.05) is 19.4 Å². The van der Waals surface area contributed by atoms with Gasteiger partial charge in [0.1, 0.15) is 17.8 Å². The van der Waals surface area contributed by atoms with Crippen LogP contribution in [0.2, 0.25) is 0 Å². The van der Waals surface area contributed by atoms with E-state index in [-0.39, 0.29) is 24.6 Å². The Kier molecular flexibility index (Phi) is 6.96. The number of hydrogen-bond acceptors (Lipinski definition) is 9. The lowest BCUT2D eigenvalue weighted by Crippen LogP contribution is -2.52. The molecule has 3 aromatic heterocycles. The van der Waals surface area contributed by atoms with Gasteiger partial charge in [0.15, 0.2) is 5.78 Å². The Morgan fingerprint density at radius 2 is 2.03 bits per heavy atom. The molecule has 5 heterocycles. The summed E-state index contributed by atoms with van der Waals surface area (Å²) in [6.07, 6.45) is 2.51. The summed E-state index contributed by atoms with van der Waals surface area (Å²) in [5.41, 5.74) is -0.233. The molecule has 3 aromatic rings. The Morgan fingerprint density at radius 3 is 2.73 bits per heavy atom. The number of amides is 2. The second kappa shape index (κ2) is 10.0. The molecule has 194 valence electrons. The Labute approximate surface area is 221 Å². The summed E-state index contributed by atoms with van der Waals surface area (Å²) >= 11 is 2.88. The zero-order valence-electron chi connectivity index (χ0n) is 19.8. The highest BCUT2D eigenvalue weighted by molar-refractivity contribution is 8.04. The molecular formula is C24H24N4O6S3. The Bertz CT molecular complexity index is 1450. The number of rotatable bonds is 7. The summed E-state index contributed by atoms with van der Waals surface area (Å²) in [6.45, 7) is 1.55. The number of likely N-dealkylation sites (tertiary alicyclic amines) is 1. The molecule has 5 rings (SSSR count). The molecular weight excluding hydrogens is 536 g/mol. The highest BCUT2D eigenvalue weighted by atomic mass is 32.2. The standard InChI is InChI=1S/C24H24N4O6S3/c1-2-5-14(26-22(30)20-12-19-18(36-20)8-11-35-19)23(31)27-10-7-16-21(27)17(29)13-28(16)37(33,34)24(32)15-6-3-4-9-25-15/h3-4,6,8-9,11-12,14,16,21H,2,5,7,10,13H2,1H3,(H,26,30). The molecule has 13 heteroatoms. The smallest absolute Gasteiger partial charge is 0.310 e. The van der Waals surface area contributed by atoms with Crippen molar-refractivity contribution in [2.45, 2.75) is 44.3 Å². The molecule has 0 spiro atoms. The van der Waals surface area contributed by atoms with Crippen molar-refractivity contribution in [3.8, 4) is 0 Å².